The Bertz CT molecular complexity index is 194. The first-order valence-corrected chi connectivity index (χ1v) is 4.21. The maximum absolute atomic E-state index is 12.1. The number of halogens is 3. The Kier molecular flexibility index (Phi) is 4.90. The summed E-state index contributed by atoms with van der Waals surface area (Å²) in [7, 11) is 1.38. The summed E-state index contributed by atoms with van der Waals surface area (Å²) < 4.78 is 40.9. The first kappa shape index (κ1) is 13.2. The topological polar surface area (TPSA) is 29.5 Å². The number of rotatable bonds is 4. The van der Waals surface area contributed by atoms with Gasteiger partial charge in [-0.25, -0.2) is 0 Å². The third kappa shape index (κ3) is 3.53. The Morgan fingerprint density at radius 2 is 2.00 bits per heavy atom. The highest BCUT2D eigenvalue weighted by atomic mass is 19.4. The van der Waals surface area contributed by atoms with Gasteiger partial charge in [0.15, 0.2) is 0 Å². The van der Waals surface area contributed by atoms with E-state index in [2.05, 4.69) is 4.74 Å². The van der Waals surface area contributed by atoms with E-state index in [1.807, 2.05) is 0 Å². The van der Waals surface area contributed by atoms with Crippen molar-refractivity contribution in [3.05, 3.63) is 0 Å². The number of carbonyl (C=O) groups excluding carboxylic acids is 1. The van der Waals surface area contributed by atoms with Crippen molar-refractivity contribution in [1.82, 2.24) is 4.90 Å². The lowest BCUT2D eigenvalue weighted by Gasteiger charge is -2.28. The molecule has 1 atom stereocenters. The molecule has 0 aromatic rings. The lowest BCUT2D eigenvalue weighted by atomic mass is 10.3. The van der Waals surface area contributed by atoms with Crippen LogP contribution >= 0.6 is 0 Å². The van der Waals surface area contributed by atoms with Crippen molar-refractivity contribution in [2.75, 3.05) is 20.3 Å². The Balaban J connectivity index is 4.48. The number of likely N-dealkylation sites (N-methyl/N-ethyl adjacent to an activating group) is 1. The second-order valence-corrected chi connectivity index (χ2v) is 2.89. The summed E-state index contributed by atoms with van der Waals surface area (Å²) in [6.45, 7) is 3.12. The fourth-order valence-electron chi connectivity index (χ4n) is 1.15. The third-order valence-corrected chi connectivity index (χ3v) is 1.78. The van der Waals surface area contributed by atoms with Crippen LogP contribution in [0.25, 0.3) is 0 Å². The van der Waals surface area contributed by atoms with Crippen LogP contribution in [0, 0.1) is 0 Å². The normalized spacial score (nSPS) is 13.9. The number of nitrogens with zero attached hydrogens (tertiary/aromatic N) is 1. The number of ether oxygens (including phenoxy) is 1. The first-order valence-electron chi connectivity index (χ1n) is 4.21. The van der Waals surface area contributed by atoms with E-state index in [0.29, 0.717) is 0 Å². The summed E-state index contributed by atoms with van der Waals surface area (Å²) in [5, 5.41) is 0. The van der Waals surface area contributed by atoms with Crippen LogP contribution in [0.4, 0.5) is 13.2 Å². The highest BCUT2D eigenvalue weighted by molar-refractivity contribution is 5.82. The molecule has 0 spiro atoms. The third-order valence-electron chi connectivity index (χ3n) is 1.78. The van der Waals surface area contributed by atoms with Crippen molar-refractivity contribution in [2.45, 2.75) is 26.1 Å². The zero-order valence-corrected chi connectivity index (χ0v) is 8.39. The summed E-state index contributed by atoms with van der Waals surface area (Å²) in [6.07, 6.45) is -4.81. The van der Waals surface area contributed by atoms with Crippen LogP contribution in [0.3, 0.4) is 0 Å². The summed E-state index contributed by atoms with van der Waals surface area (Å²) >= 11 is 0. The average Bonchev–Trinajstić information content (AvgIpc) is 2.04. The number of alkyl halides is 3. The van der Waals surface area contributed by atoms with Crippen molar-refractivity contribution >= 4 is 5.91 Å². The number of hydrogen-bond donors (Lipinski definition) is 0. The molecule has 14 heavy (non-hydrogen) atoms. The number of amides is 1. The van der Waals surface area contributed by atoms with Crippen LogP contribution in [-0.2, 0) is 9.53 Å². The minimum absolute atomic E-state index is 0.0167. The van der Waals surface area contributed by atoms with Gasteiger partial charge in [-0.1, -0.05) is 0 Å². The van der Waals surface area contributed by atoms with Gasteiger partial charge in [-0.3, -0.25) is 4.79 Å². The van der Waals surface area contributed by atoms with Crippen molar-refractivity contribution in [2.24, 2.45) is 0 Å². The molecule has 0 aliphatic rings. The smallest absolute Gasteiger partial charge is 0.383 e. The van der Waals surface area contributed by atoms with E-state index in [4.69, 9.17) is 0 Å². The Labute approximate surface area is 80.8 Å². The van der Waals surface area contributed by atoms with Crippen molar-refractivity contribution in [3.8, 4) is 0 Å². The number of methoxy groups -OCH3 is 1. The molecule has 0 aromatic carbocycles. The molecule has 3 nitrogen and oxygen atoms in total. The van der Waals surface area contributed by atoms with Gasteiger partial charge in [-0.05, 0) is 13.8 Å². The SMILES string of the molecule is CCN(C(=O)C(F)(F)F)C(C)COC. The van der Waals surface area contributed by atoms with E-state index in [0.717, 1.165) is 4.90 Å². The maximum atomic E-state index is 12.1. The van der Waals surface area contributed by atoms with Gasteiger partial charge in [-0.15, -0.1) is 0 Å². The summed E-state index contributed by atoms with van der Waals surface area (Å²) in [5.74, 6) is -1.82. The zero-order chi connectivity index (χ0) is 11.4. The van der Waals surface area contributed by atoms with E-state index in [1.165, 1.54) is 21.0 Å². The van der Waals surface area contributed by atoms with E-state index in [-0.39, 0.29) is 13.2 Å². The van der Waals surface area contributed by atoms with Gasteiger partial charge < -0.3 is 9.64 Å². The molecule has 0 N–H and O–H groups in total. The van der Waals surface area contributed by atoms with Crippen LogP contribution in [0.5, 0.6) is 0 Å². The molecule has 1 amide bonds. The standard InChI is InChI=1S/C8H14F3NO2/c1-4-12(6(2)5-14-3)7(13)8(9,10)11/h6H,4-5H2,1-3H3. The van der Waals surface area contributed by atoms with E-state index in [9.17, 15) is 18.0 Å². The predicted molar refractivity (Wildman–Crippen MR) is 44.8 cm³/mol. The fraction of sp³-hybridized carbons (Fsp3) is 0.875. The van der Waals surface area contributed by atoms with Gasteiger partial charge in [0, 0.05) is 13.7 Å². The molecule has 6 heteroatoms. The predicted octanol–water partition coefficient (Wildman–Crippen LogP) is 1.43. The van der Waals surface area contributed by atoms with E-state index in [1.54, 1.807) is 0 Å². The van der Waals surface area contributed by atoms with Gasteiger partial charge in [0.2, 0.25) is 0 Å². The van der Waals surface area contributed by atoms with Crippen LogP contribution in [0.1, 0.15) is 13.8 Å². The summed E-state index contributed by atoms with van der Waals surface area (Å²) in [4.78, 5) is 11.6. The molecule has 1 unspecified atom stereocenters. The van der Waals surface area contributed by atoms with Crippen LogP contribution in [-0.4, -0.2) is 43.3 Å². The van der Waals surface area contributed by atoms with Crippen molar-refractivity contribution < 1.29 is 22.7 Å². The van der Waals surface area contributed by atoms with Crippen molar-refractivity contribution in [1.29, 1.82) is 0 Å². The van der Waals surface area contributed by atoms with E-state index < -0.39 is 18.1 Å². The van der Waals surface area contributed by atoms with E-state index >= 15 is 0 Å². The molecular formula is C8H14F3NO2. The molecule has 0 saturated heterocycles. The van der Waals surface area contributed by atoms with Crippen LogP contribution < -0.4 is 0 Å². The molecule has 0 aromatic heterocycles. The van der Waals surface area contributed by atoms with Crippen molar-refractivity contribution in [3.63, 3.8) is 0 Å². The molecule has 0 rings (SSSR count). The van der Waals surface area contributed by atoms with Gasteiger partial charge in [0.25, 0.3) is 0 Å². The van der Waals surface area contributed by atoms with Gasteiger partial charge in [0.1, 0.15) is 0 Å². The molecular weight excluding hydrogens is 199 g/mol. The lowest BCUT2D eigenvalue weighted by Crippen LogP contribution is -2.47. The Morgan fingerprint density at radius 3 is 2.29 bits per heavy atom. The van der Waals surface area contributed by atoms with Crippen LogP contribution in [0.2, 0.25) is 0 Å². The lowest BCUT2D eigenvalue weighted by molar-refractivity contribution is -0.188. The monoisotopic (exact) mass is 213 g/mol. The first-order chi connectivity index (χ1) is 6.34. The highest BCUT2D eigenvalue weighted by Crippen LogP contribution is 2.19. The molecule has 0 fully saturated rings. The molecule has 0 bridgehead atoms. The van der Waals surface area contributed by atoms with Gasteiger partial charge >= 0.3 is 12.1 Å². The van der Waals surface area contributed by atoms with Gasteiger partial charge in [0.05, 0.1) is 12.6 Å². The van der Waals surface area contributed by atoms with Gasteiger partial charge in [-0.2, -0.15) is 13.2 Å². The second kappa shape index (κ2) is 5.19. The summed E-state index contributed by atoms with van der Waals surface area (Å²) in [5.41, 5.74) is 0. The Hall–Kier alpha value is -0.780. The molecule has 0 aliphatic heterocycles. The molecule has 84 valence electrons. The maximum Gasteiger partial charge on any atom is 0.471 e. The Morgan fingerprint density at radius 1 is 1.50 bits per heavy atom. The summed E-state index contributed by atoms with van der Waals surface area (Å²) in [6, 6.07) is -0.570. The number of hydrogen-bond acceptors (Lipinski definition) is 2. The average molecular weight is 213 g/mol. The zero-order valence-electron chi connectivity index (χ0n) is 8.39. The largest absolute Gasteiger partial charge is 0.471 e. The highest BCUT2D eigenvalue weighted by Gasteiger charge is 2.43. The fourth-order valence-corrected chi connectivity index (χ4v) is 1.15. The van der Waals surface area contributed by atoms with Crippen LogP contribution in [0.15, 0.2) is 0 Å². The minimum atomic E-state index is -4.81. The molecule has 0 aliphatic carbocycles. The molecule has 0 heterocycles. The molecule has 0 radical (unpaired) electrons. The quantitative estimate of drug-likeness (QED) is 0.707. The molecule has 0 saturated carbocycles. The second-order valence-electron chi connectivity index (χ2n) is 2.89. The number of carbonyl (C=O) groups is 1. The minimum Gasteiger partial charge on any atom is -0.383 e.